The molecule has 9 heteroatoms. The monoisotopic (exact) mass is 576 g/mol. The largest absolute Gasteiger partial charge is 0.368 e. The second-order valence-corrected chi connectivity index (χ2v) is 8.19. The minimum atomic E-state index is 0. The lowest BCUT2D eigenvalue weighted by Crippen LogP contribution is -2.44. The minimum Gasteiger partial charge on any atom is -0.368 e. The van der Waals surface area contributed by atoms with E-state index < -0.39 is 0 Å². The molecular weight excluding hydrogens is 547 g/mol. The van der Waals surface area contributed by atoms with Gasteiger partial charge in [0.05, 0.1) is 5.69 Å². The first-order valence-corrected chi connectivity index (χ1v) is 10.6. The van der Waals surface area contributed by atoms with Gasteiger partial charge in [0.2, 0.25) is 5.89 Å². The molecule has 1 aliphatic heterocycles. The van der Waals surface area contributed by atoms with Gasteiger partial charge in [-0.2, -0.15) is 4.98 Å². The summed E-state index contributed by atoms with van der Waals surface area (Å²) >= 11 is 3.65. The van der Waals surface area contributed by atoms with Gasteiger partial charge in [0, 0.05) is 49.5 Å². The zero-order chi connectivity index (χ0) is 19.9. The summed E-state index contributed by atoms with van der Waals surface area (Å²) in [6.07, 6.45) is 2.76. The van der Waals surface area contributed by atoms with Crippen LogP contribution < -0.4 is 15.5 Å². The maximum absolute atomic E-state index is 5.29. The molecule has 0 spiro atoms. The highest BCUT2D eigenvalue weighted by atomic mass is 127. The number of aliphatic imine (C=N–C) groups is 1. The minimum absolute atomic E-state index is 0. The predicted octanol–water partition coefficient (Wildman–Crippen LogP) is 3.95. The summed E-state index contributed by atoms with van der Waals surface area (Å²) in [5.74, 6) is 2.61. The van der Waals surface area contributed by atoms with Gasteiger partial charge in [-0.1, -0.05) is 31.1 Å². The quantitative estimate of drug-likeness (QED) is 0.225. The predicted molar refractivity (Wildman–Crippen MR) is 131 cm³/mol. The first kappa shape index (κ1) is 23.9. The van der Waals surface area contributed by atoms with Crippen molar-refractivity contribution in [1.82, 2.24) is 20.8 Å². The molecule has 29 heavy (non-hydrogen) atoms. The summed E-state index contributed by atoms with van der Waals surface area (Å²) in [5.41, 5.74) is 1.25. The number of aryl methyl sites for hydroxylation is 1. The van der Waals surface area contributed by atoms with Gasteiger partial charge in [-0.25, -0.2) is 0 Å². The van der Waals surface area contributed by atoms with Gasteiger partial charge in [-0.15, -0.1) is 24.0 Å². The number of benzene rings is 1. The van der Waals surface area contributed by atoms with E-state index in [1.807, 2.05) is 13.1 Å². The number of halogens is 2. The fourth-order valence-corrected chi connectivity index (χ4v) is 3.78. The van der Waals surface area contributed by atoms with Gasteiger partial charge in [0.1, 0.15) is 0 Å². The van der Waals surface area contributed by atoms with Gasteiger partial charge in [-0.3, -0.25) is 4.99 Å². The van der Waals surface area contributed by atoms with Gasteiger partial charge in [0.15, 0.2) is 11.8 Å². The molecular formula is C20H30BrIN6O. The van der Waals surface area contributed by atoms with Crippen LogP contribution in [0.5, 0.6) is 0 Å². The Labute approximate surface area is 198 Å². The van der Waals surface area contributed by atoms with Gasteiger partial charge in [0.25, 0.3) is 0 Å². The highest BCUT2D eigenvalue weighted by Crippen LogP contribution is 2.28. The van der Waals surface area contributed by atoms with Crippen LogP contribution >= 0.6 is 39.9 Å². The summed E-state index contributed by atoms with van der Waals surface area (Å²) in [6, 6.07) is 8.74. The lowest BCUT2D eigenvalue weighted by Gasteiger charge is -2.21. The number of hydrogen-bond acceptors (Lipinski definition) is 5. The molecule has 1 aliphatic rings. The highest BCUT2D eigenvalue weighted by molar-refractivity contribution is 14.0. The number of nitrogens with zero attached hydrogens (tertiary/aromatic N) is 4. The second-order valence-electron chi connectivity index (χ2n) is 7.33. The average molecular weight is 577 g/mol. The van der Waals surface area contributed by atoms with Gasteiger partial charge in [-0.05, 0) is 40.9 Å². The van der Waals surface area contributed by atoms with Crippen LogP contribution in [0.2, 0.25) is 0 Å². The molecule has 0 bridgehead atoms. The van der Waals surface area contributed by atoms with E-state index in [9.17, 15) is 0 Å². The van der Waals surface area contributed by atoms with Crippen LogP contribution in [0.3, 0.4) is 0 Å². The van der Waals surface area contributed by atoms with Crippen molar-refractivity contribution in [3.63, 3.8) is 0 Å². The molecule has 160 valence electrons. The molecule has 2 N–H and O–H groups in total. The molecule has 1 atom stereocenters. The zero-order valence-corrected chi connectivity index (χ0v) is 21.1. The normalized spacial score (nSPS) is 16.8. The Balaban J connectivity index is 0.00000300. The van der Waals surface area contributed by atoms with E-state index in [-0.39, 0.29) is 24.0 Å². The number of hydrogen-bond donors (Lipinski definition) is 2. The Morgan fingerprint density at radius 3 is 2.86 bits per heavy atom. The third-order valence-electron chi connectivity index (χ3n) is 4.81. The maximum atomic E-state index is 5.29. The van der Waals surface area contributed by atoms with E-state index in [1.54, 1.807) is 0 Å². The van der Waals surface area contributed by atoms with E-state index >= 15 is 0 Å². The average Bonchev–Trinajstić information content (AvgIpc) is 3.34. The van der Waals surface area contributed by atoms with Crippen molar-refractivity contribution < 1.29 is 4.52 Å². The molecule has 1 saturated heterocycles. The second kappa shape index (κ2) is 11.7. The van der Waals surface area contributed by atoms with Crippen LogP contribution in [0.1, 0.15) is 44.3 Å². The molecule has 0 radical (unpaired) electrons. The number of guanidine groups is 1. The summed E-state index contributed by atoms with van der Waals surface area (Å²) in [7, 11) is 1.81. The molecule has 1 aromatic carbocycles. The molecule has 7 nitrogen and oxygen atoms in total. The third-order valence-corrected chi connectivity index (χ3v) is 5.48. The molecule has 3 rings (SSSR count). The third kappa shape index (κ3) is 6.84. The summed E-state index contributed by atoms with van der Waals surface area (Å²) in [6.45, 7) is 6.93. The number of nitrogens with one attached hydrogen (secondary N) is 2. The van der Waals surface area contributed by atoms with E-state index in [2.05, 4.69) is 78.6 Å². The van der Waals surface area contributed by atoms with Crippen LogP contribution in [-0.4, -0.2) is 48.8 Å². The molecule has 1 aromatic heterocycles. The van der Waals surface area contributed by atoms with E-state index in [0.717, 1.165) is 55.2 Å². The Hall–Kier alpha value is -1.36. The van der Waals surface area contributed by atoms with Crippen LogP contribution in [-0.2, 0) is 6.42 Å². The van der Waals surface area contributed by atoms with Crippen molar-refractivity contribution in [2.24, 2.45) is 4.99 Å². The summed E-state index contributed by atoms with van der Waals surface area (Å²) in [4.78, 5) is 11.2. The van der Waals surface area contributed by atoms with E-state index in [4.69, 9.17) is 4.52 Å². The summed E-state index contributed by atoms with van der Waals surface area (Å²) < 4.78 is 6.43. The molecule has 0 aliphatic carbocycles. The standard InChI is InChI=1S/C20H29BrN6O.HI/c1-14(2)19-25-18(28-26-19)9-6-11-23-20(22-3)24-15-10-12-27(13-15)17-8-5-4-7-16(17)21;/h4-5,7-8,14-15H,6,9-13H2,1-3H3,(H2,22,23,24);1H. The first-order valence-electron chi connectivity index (χ1n) is 9.86. The Kier molecular flexibility index (Phi) is 9.67. The Morgan fingerprint density at radius 1 is 1.38 bits per heavy atom. The first-order chi connectivity index (χ1) is 13.6. The van der Waals surface area contributed by atoms with Crippen molar-refractivity contribution in [3.8, 4) is 0 Å². The lowest BCUT2D eigenvalue weighted by atomic mass is 10.2. The van der Waals surface area contributed by atoms with Crippen molar-refractivity contribution in [2.75, 3.05) is 31.6 Å². The van der Waals surface area contributed by atoms with E-state index in [0.29, 0.717) is 17.9 Å². The molecule has 1 unspecified atom stereocenters. The number of anilines is 1. The summed E-state index contributed by atoms with van der Waals surface area (Å²) in [5, 5.41) is 10.9. The van der Waals surface area contributed by atoms with Crippen LogP contribution in [0.25, 0.3) is 0 Å². The molecule has 0 saturated carbocycles. The topological polar surface area (TPSA) is 78.6 Å². The lowest BCUT2D eigenvalue weighted by molar-refractivity contribution is 0.368. The van der Waals surface area contributed by atoms with Crippen molar-refractivity contribution in [2.45, 2.75) is 45.1 Å². The zero-order valence-electron chi connectivity index (χ0n) is 17.2. The molecule has 2 heterocycles. The SMILES string of the molecule is CN=C(NCCCc1nc(C(C)C)no1)NC1CCN(c2ccccc2Br)C1.I. The van der Waals surface area contributed by atoms with Gasteiger partial charge < -0.3 is 20.1 Å². The van der Waals surface area contributed by atoms with Crippen LogP contribution in [0.4, 0.5) is 5.69 Å². The number of aromatic nitrogens is 2. The molecule has 1 fully saturated rings. The fourth-order valence-electron chi connectivity index (χ4n) is 3.24. The maximum Gasteiger partial charge on any atom is 0.226 e. The number of rotatable bonds is 7. The van der Waals surface area contributed by atoms with Crippen molar-refractivity contribution in [3.05, 3.63) is 40.5 Å². The molecule has 0 amide bonds. The van der Waals surface area contributed by atoms with Crippen molar-refractivity contribution in [1.29, 1.82) is 0 Å². The van der Waals surface area contributed by atoms with Crippen molar-refractivity contribution >= 4 is 51.6 Å². The Bertz CT molecular complexity index is 797. The smallest absolute Gasteiger partial charge is 0.226 e. The number of para-hydroxylation sites is 1. The fraction of sp³-hybridized carbons (Fsp3) is 0.550. The van der Waals surface area contributed by atoms with Crippen LogP contribution in [0.15, 0.2) is 38.3 Å². The van der Waals surface area contributed by atoms with Crippen LogP contribution in [0, 0.1) is 0 Å². The Morgan fingerprint density at radius 2 is 2.17 bits per heavy atom. The molecule has 2 aromatic rings. The van der Waals surface area contributed by atoms with E-state index in [1.165, 1.54) is 5.69 Å². The highest BCUT2D eigenvalue weighted by Gasteiger charge is 2.24. The van der Waals surface area contributed by atoms with Gasteiger partial charge >= 0.3 is 0 Å².